The number of ether oxygens (including phenoxy) is 1. The summed E-state index contributed by atoms with van der Waals surface area (Å²) in [5.41, 5.74) is 0.585. The summed E-state index contributed by atoms with van der Waals surface area (Å²) < 4.78 is 18.5. The number of benzene rings is 1. The SMILES string of the molecule is C=CCC(NCC(O)COC)c1ccccc1F. The van der Waals surface area contributed by atoms with Crippen LogP contribution in [0.4, 0.5) is 4.39 Å². The molecule has 0 aromatic heterocycles. The van der Waals surface area contributed by atoms with E-state index in [1.807, 2.05) is 0 Å². The van der Waals surface area contributed by atoms with Gasteiger partial charge < -0.3 is 15.2 Å². The summed E-state index contributed by atoms with van der Waals surface area (Å²) in [5, 5.41) is 12.7. The van der Waals surface area contributed by atoms with E-state index in [2.05, 4.69) is 11.9 Å². The quantitative estimate of drug-likeness (QED) is 0.697. The van der Waals surface area contributed by atoms with Gasteiger partial charge in [0.05, 0.1) is 12.7 Å². The van der Waals surface area contributed by atoms with Gasteiger partial charge in [0.1, 0.15) is 5.82 Å². The van der Waals surface area contributed by atoms with Crippen LogP contribution in [-0.4, -0.2) is 31.5 Å². The number of aliphatic hydroxyl groups is 1. The van der Waals surface area contributed by atoms with Crippen molar-refractivity contribution in [2.75, 3.05) is 20.3 Å². The van der Waals surface area contributed by atoms with Crippen LogP contribution in [0.25, 0.3) is 0 Å². The van der Waals surface area contributed by atoms with E-state index in [0.717, 1.165) is 0 Å². The number of rotatable bonds is 8. The average Bonchev–Trinajstić information content (AvgIpc) is 2.36. The molecule has 3 nitrogen and oxygen atoms in total. The molecular formula is C14H20FNO2. The van der Waals surface area contributed by atoms with Gasteiger partial charge in [0.25, 0.3) is 0 Å². The normalized spacial score (nSPS) is 14.2. The average molecular weight is 253 g/mol. The molecule has 4 heteroatoms. The minimum Gasteiger partial charge on any atom is -0.389 e. The summed E-state index contributed by atoms with van der Waals surface area (Å²) in [6.07, 6.45) is 1.72. The standard InChI is InChI=1S/C14H20FNO2/c1-3-6-14(16-9-11(17)10-18-2)12-7-4-5-8-13(12)15/h3-5,7-8,11,14,16-17H,1,6,9-10H2,2H3. The summed E-state index contributed by atoms with van der Waals surface area (Å²) in [5.74, 6) is -0.252. The number of methoxy groups -OCH3 is 1. The van der Waals surface area contributed by atoms with Gasteiger partial charge in [-0.25, -0.2) is 4.39 Å². The zero-order valence-corrected chi connectivity index (χ0v) is 10.6. The van der Waals surface area contributed by atoms with Gasteiger partial charge >= 0.3 is 0 Å². The third kappa shape index (κ3) is 4.56. The summed E-state index contributed by atoms with van der Waals surface area (Å²) in [4.78, 5) is 0. The van der Waals surface area contributed by atoms with Gasteiger partial charge in [-0.3, -0.25) is 0 Å². The van der Waals surface area contributed by atoms with Gasteiger partial charge in [0, 0.05) is 25.3 Å². The van der Waals surface area contributed by atoms with Crippen LogP contribution in [-0.2, 0) is 4.74 Å². The van der Waals surface area contributed by atoms with Crippen molar-refractivity contribution in [2.45, 2.75) is 18.6 Å². The van der Waals surface area contributed by atoms with E-state index in [0.29, 0.717) is 18.5 Å². The Morgan fingerprint density at radius 1 is 1.50 bits per heavy atom. The van der Waals surface area contributed by atoms with Crippen molar-refractivity contribution in [3.63, 3.8) is 0 Å². The molecule has 2 atom stereocenters. The molecule has 1 rings (SSSR count). The highest BCUT2D eigenvalue weighted by molar-refractivity contribution is 5.21. The highest BCUT2D eigenvalue weighted by Gasteiger charge is 2.15. The fraction of sp³-hybridized carbons (Fsp3) is 0.429. The highest BCUT2D eigenvalue weighted by Crippen LogP contribution is 2.20. The lowest BCUT2D eigenvalue weighted by molar-refractivity contribution is 0.0626. The largest absolute Gasteiger partial charge is 0.389 e. The smallest absolute Gasteiger partial charge is 0.127 e. The van der Waals surface area contributed by atoms with E-state index in [4.69, 9.17) is 4.74 Å². The summed E-state index contributed by atoms with van der Waals surface area (Å²) in [6.45, 7) is 4.27. The molecule has 1 aromatic carbocycles. The molecular weight excluding hydrogens is 233 g/mol. The van der Waals surface area contributed by atoms with Crippen LogP contribution < -0.4 is 5.32 Å². The molecule has 0 saturated heterocycles. The van der Waals surface area contributed by atoms with E-state index in [1.165, 1.54) is 13.2 Å². The van der Waals surface area contributed by atoms with Crippen LogP contribution in [0.1, 0.15) is 18.0 Å². The van der Waals surface area contributed by atoms with Gasteiger partial charge in [0.15, 0.2) is 0 Å². The number of aliphatic hydroxyl groups excluding tert-OH is 1. The van der Waals surface area contributed by atoms with Crippen LogP contribution in [0.15, 0.2) is 36.9 Å². The van der Waals surface area contributed by atoms with Crippen molar-refractivity contribution < 1.29 is 14.2 Å². The van der Waals surface area contributed by atoms with Gasteiger partial charge in [-0.15, -0.1) is 6.58 Å². The molecule has 0 bridgehead atoms. The Morgan fingerprint density at radius 2 is 2.22 bits per heavy atom. The molecule has 0 saturated carbocycles. The molecule has 2 N–H and O–H groups in total. The summed E-state index contributed by atoms with van der Waals surface area (Å²) >= 11 is 0. The second-order valence-corrected chi connectivity index (χ2v) is 4.12. The van der Waals surface area contributed by atoms with E-state index in [1.54, 1.807) is 24.3 Å². The molecule has 2 unspecified atom stereocenters. The number of hydrogen-bond donors (Lipinski definition) is 2. The number of nitrogens with one attached hydrogen (secondary N) is 1. The second-order valence-electron chi connectivity index (χ2n) is 4.12. The molecule has 0 heterocycles. The Bertz CT molecular complexity index is 371. The van der Waals surface area contributed by atoms with Gasteiger partial charge in [-0.1, -0.05) is 24.3 Å². The Morgan fingerprint density at radius 3 is 2.83 bits per heavy atom. The molecule has 0 radical (unpaired) electrons. The lowest BCUT2D eigenvalue weighted by Crippen LogP contribution is -2.33. The zero-order chi connectivity index (χ0) is 13.4. The second kappa shape index (κ2) is 7.97. The van der Waals surface area contributed by atoms with Crippen molar-refractivity contribution in [3.8, 4) is 0 Å². The maximum absolute atomic E-state index is 13.7. The molecule has 0 aliphatic carbocycles. The first kappa shape index (κ1) is 14.8. The van der Waals surface area contributed by atoms with Gasteiger partial charge in [0.2, 0.25) is 0 Å². The Balaban J connectivity index is 2.65. The van der Waals surface area contributed by atoms with E-state index < -0.39 is 6.10 Å². The zero-order valence-electron chi connectivity index (χ0n) is 10.6. The Hall–Kier alpha value is -1.23. The minimum absolute atomic E-state index is 0.185. The Kier molecular flexibility index (Phi) is 6.57. The summed E-state index contributed by atoms with van der Waals surface area (Å²) in [6, 6.07) is 6.43. The molecule has 18 heavy (non-hydrogen) atoms. The van der Waals surface area contributed by atoms with Crippen LogP contribution in [0.5, 0.6) is 0 Å². The predicted molar refractivity (Wildman–Crippen MR) is 69.8 cm³/mol. The van der Waals surface area contributed by atoms with Crippen molar-refractivity contribution in [2.24, 2.45) is 0 Å². The predicted octanol–water partition coefficient (Wildman–Crippen LogP) is 2.04. The molecule has 0 fully saturated rings. The molecule has 0 aliphatic rings. The molecule has 0 spiro atoms. The first-order chi connectivity index (χ1) is 8.69. The van der Waals surface area contributed by atoms with Crippen molar-refractivity contribution in [3.05, 3.63) is 48.3 Å². The van der Waals surface area contributed by atoms with Gasteiger partial charge in [-0.2, -0.15) is 0 Å². The summed E-state index contributed by atoms with van der Waals surface area (Å²) in [7, 11) is 1.53. The van der Waals surface area contributed by atoms with Crippen molar-refractivity contribution in [1.82, 2.24) is 5.32 Å². The lowest BCUT2D eigenvalue weighted by atomic mass is 10.0. The molecule has 1 aromatic rings. The number of halogens is 1. The van der Waals surface area contributed by atoms with Crippen LogP contribution >= 0.6 is 0 Å². The lowest BCUT2D eigenvalue weighted by Gasteiger charge is -2.20. The van der Waals surface area contributed by atoms with Crippen LogP contribution in [0, 0.1) is 5.82 Å². The van der Waals surface area contributed by atoms with Crippen molar-refractivity contribution >= 4 is 0 Å². The van der Waals surface area contributed by atoms with Gasteiger partial charge in [-0.05, 0) is 12.5 Å². The minimum atomic E-state index is -0.603. The maximum atomic E-state index is 13.7. The number of hydrogen-bond acceptors (Lipinski definition) is 3. The maximum Gasteiger partial charge on any atom is 0.127 e. The van der Waals surface area contributed by atoms with Crippen LogP contribution in [0.2, 0.25) is 0 Å². The third-order valence-electron chi connectivity index (χ3n) is 2.64. The molecule has 100 valence electrons. The highest BCUT2D eigenvalue weighted by atomic mass is 19.1. The monoisotopic (exact) mass is 253 g/mol. The topological polar surface area (TPSA) is 41.5 Å². The first-order valence-electron chi connectivity index (χ1n) is 5.94. The van der Waals surface area contributed by atoms with E-state index in [9.17, 15) is 9.50 Å². The third-order valence-corrected chi connectivity index (χ3v) is 2.64. The Labute approximate surface area is 107 Å². The van der Waals surface area contributed by atoms with E-state index in [-0.39, 0.29) is 18.5 Å². The first-order valence-corrected chi connectivity index (χ1v) is 5.94. The fourth-order valence-electron chi connectivity index (χ4n) is 1.77. The fourth-order valence-corrected chi connectivity index (χ4v) is 1.77. The van der Waals surface area contributed by atoms with Crippen molar-refractivity contribution in [1.29, 1.82) is 0 Å². The molecule has 0 aliphatic heterocycles. The van der Waals surface area contributed by atoms with E-state index >= 15 is 0 Å². The molecule has 0 amide bonds. The van der Waals surface area contributed by atoms with Crippen LogP contribution in [0.3, 0.4) is 0 Å².